The first-order valence-electron chi connectivity index (χ1n) is 7.22. The summed E-state index contributed by atoms with van der Waals surface area (Å²) in [7, 11) is 0. The molecule has 0 radical (unpaired) electrons. The molecule has 0 bridgehead atoms. The lowest BCUT2D eigenvalue weighted by Gasteiger charge is -2.20. The fraction of sp³-hybridized carbons (Fsp3) is 0.267. The quantitative estimate of drug-likeness (QED) is 0.729. The summed E-state index contributed by atoms with van der Waals surface area (Å²) in [6.45, 7) is 0.402. The van der Waals surface area contributed by atoms with Gasteiger partial charge in [-0.1, -0.05) is 5.16 Å². The minimum Gasteiger partial charge on any atom is -0.485 e. The first-order chi connectivity index (χ1) is 10.8. The van der Waals surface area contributed by atoms with Gasteiger partial charge in [0.2, 0.25) is 11.7 Å². The zero-order valence-corrected chi connectivity index (χ0v) is 11.7. The Morgan fingerprint density at radius 3 is 3.05 bits per heavy atom. The van der Waals surface area contributed by atoms with Crippen LogP contribution in [0.2, 0.25) is 0 Å². The Labute approximate surface area is 125 Å². The van der Waals surface area contributed by atoms with E-state index in [-0.39, 0.29) is 0 Å². The molecule has 7 nitrogen and oxygen atoms in total. The van der Waals surface area contributed by atoms with Crippen molar-refractivity contribution in [3.05, 3.63) is 36.1 Å². The van der Waals surface area contributed by atoms with Crippen LogP contribution >= 0.6 is 0 Å². The van der Waals surface area contributed by atoms with Crippen LogP contribution in [0, 0.1) is 0 Å². The van der Waals surface area contributed by atoms with Crippen LogP contribution in [0.5, 0.6) is 5.75 Å². The highest BCUT2D eigenvalue weighted by Gasteiger charge is 2.31. The second kappa shape index (κ2) is 4.09. The molecule has 7 heteroatoms. The molecule has 1 aromatic carbocycles. The number of rotatable bonds is 2. The molecule has 0 unspecified atom stereocenters. The minimum absolute atomic E-state index is 0.402. The number of hydrogen-bond acceptors (Lipinski definition) is 6. The SMILES string of the molecule is Nc1ccc2c(c1)OCc1c(-c3noc(C4CC4)n3)ncn1-2. The van der Waals surface area contributed by atoms with Crippen molar-refractivity contribution < 1.29 is 9.26 Å². The number of imidazole rings is 1. The number of hydrogen-bond donors (Lipinski definition) is 1. The maximum absolute atomic E-state index is 5.80. The Morgan fingerprint density at radius 1 is 1.27 bits per heavy atom. The van der Waals surface area contributed by atoms with Gasteiger partial charge in [0.1, 0.15) is 24.4 Å². The average Bonchev–Trinajstić information content (AvgIpc) is 3.10. The van der Waals surface area contributed by atoms with Crippen molar-refractivity contribution in [2.45, 2.75) is 25.4 Å². The van der Waals surface area contributed by atoms with Crippen LogP contribution in [0.4, 0.5) is 5.69 Å². The topological polar surface area (TPSA) is 92.0 Å². The summed E-state index contributed by atoms with van der Waals surface area (Å²) in [5, 5.41) is 4.06. The molecule has 1 fully saturated rings. The van der Waals surface area contributed by atoms with Gasteiger partial charge < -0.3 is 15.0 Å². The average molecular weight is 295 g/mol. The van der Waals surface area contributed by atoms with Gasteiger partial charge in [-0.15, -0.1) is 0 Å². The zero-order chi connectivity index (χ0) is 14.7. The molecule has 2 aliphatic rings. The van der Waals surface area contributed by atoms with E-state index in [1.54, 1.807) is 6.33 Å². The lowest BCUT2D eigenvalue weighted by atomic mass is 10.2. The van der Waals surface area contributed by atoms with Gasteiger partial charge in [-0.3, -0.25) is 4.57 Å². The maximum atomic E-state index is 5.80. The van der Waals surface area contributed by atoms with Crippen molar-refractivity contribution in [3.8, 4) is 23.0 Å². The molecule has 2 N–H and O–H groups in total. The highest BCUT2D eigenvalue weighted by molar-refractivity contribution is 5.61. The van der Waals surface area contributed by atoms with Crippen LogP contribution in [0.15, 0.2) is 29.0 Å². The van der Waals surface area contributed by atoms with Gasteiger partial charge in [-0.25, -0.2) is 4.98 Å². The molecule has 22 heavy (non-hydrogen) atoms. The number of ether oxygens (including phenoxy) is 1. The summed E-state index contributed by atoms with van der Waals surface area (Å²) in [6, 6.07) is 5.58. The molecule has 0 atom stereocenters. The molecule has 2 aromatic heterocycles. The van der Waals surface area contributed by atoms with E-state index in [0.29, 0.717) is 35.6 Å². The van der Waals surface area contributed by atoms with E-state index < -0.39 is 0 Å². The van der Waals surface area contributed by atoms with E-state index in [1.807, 2.05) is 22.8 Å². The standard InChI is InChI=1S/C15H13N5O2/c16-9-3-4-10-12(5-9)21-6-11-13(17-7-20(10)11)14-18-15(22-19-14)8-1-2-8/h3-5,7-8H,1-2,6,16H2. The Bertz CT molecular complexity index is 878. The van der Waals surface area contributed by atoms with Gasteiger partial charge in [0, 0.05) is 17.7 Å². The predicted octanol–water partition coefficient (Wildman–Crippen LogP) is 2.27. The fourth-order valence-electron chi connectivity index (χ4n) is 2.73. The van der Waals surface area contributed by atoms with E-state index in [2.05, 4.69) is 15.1 Å². The van der Waals surface area contributed by atoms with Gasteiger partial charge >= 0.3 is 0 Å². The molecule has 3 aromatic rings. The van der Waals surface area contributed by atoms with Gasteiger partial charge in [0.05, 0.1) is 11.4 Å². The number of nitrogens with zero attached hydrogens (tertiary/aromatic N) is 4. The van der Waals surface area contributed by atoms with E-state index in [1.165, 1.54) is 0 Å². The van der Waals surface area contributed by atoms with Crippen molar-refractivity contribution in [2.24, 2.45) is 0 Å². The Kier molecular flexibility index (Phi) is 2.19. The molecular formula is C15H13N5O2. The third-order valence-electron chi connectivity index (χ3n) is 4.05. The molecule has 5 rings (SSSR count). The van der Waals surface area contributed by atoms with E-state index in [0.717, 1.165) is 30.0 Å². The lowest BCUT2D eigenvalue weighted by molar-refractivity contribution is 0.286. The summed E-state index contributed by atoms with van der Waals surface area (Å²) < 4.78 is 13.1. The third-order valence-corrected chi connectivity index (χ3v) is 4.05. The largest absolute Gasteiger partial charge is 0.485 e. The molecule has 110 valence electrons. The Balaban J connectivity index is 1.61. The number of fused-ring (bicyclic) bond motifs is 3. The minimum atomic E-state index is 0.402. The van der Waals surface area contributed by atoms with Crippen LogP contribution < -0.4 is 10.5 Å². The number of nitrogens with two attached hydrogens (primary N) is 1. The van der Waals surface area contributed by atoms with Crippen molar-refractivity contribution in [1.29, 1.82) is 0 Å². The van der Waals surface area contributed by atoms with Crippen LogP contribution in [0.25, 0.3) is 17.2 Å². The highest BCUT2D eigenvalue weighted by atomic mass is 16.5. The maximum Gasteiger partial charge on any atom is 0.230 e. The number of anilines is 1. The highest BCUT2D eigenvalue weighted by Crippen LogP contribution is 2.40. The van der Waals surface area contributed by atoms with Crippen molar-refractivity contribution >= 4 is 5.69 Å². The smallest absolute Gasteiger partial charge is 0.230 e. The second-order valence-corrected chi connectivity index (χ2v) is 5.66. The van der Waals surface area contributed by atoms with Gasteiger partial charge in [0.25, 0.3) is 0 Å². The number of nitrogen functional groups attached to an aromatic ring is 1. The Hall–Kier alpha value is -2.83. The van der Waals surface area contributed by atoms with Crippen LogP contribution in [0.1, 0.15) is 30.3 Å². The molecule has 0 saturated heterocycles. The van der Waals surface area contributed by atoms with Gasteiger partial charge in [-0.2, -0.15) is 4.98 Å². The molecule has 0 amide bonds. The van der Waals surface area contributed by atoms with E-state index in [9.17, 15) is 0 Å². The van der Waals surface area contributed by atoms with Crippen molar-refractivity contribution in [3.63, 3.8) is 0 Å². The number of aromatic nitrogens is 4. The number of benzene rings is 1. The van der Waals surface area contributed by atoms with Gasteiger partial charge in [-0.05, 0) is 25.0 Å². The lowest BCUT2D eigenvalue weighted by Crippen LogP contribution is -2.12. The third kappa shape index (κ3) is 1.65. The normalized spacial score (nSPS) is 16.0. The van der Waals surface area contributed by atoms with Gasteiger partial charge in [0.15, 0.2) is 0 Å². The first-order valence-corrected chi connectivity index (χ1v) is 7.22. The van der Waals surface area contributed by atoms with E-state index >= 15 is 0 Å². The summed E-state index contributed by atoms with van der Waals surface area (Å²) in [5.74, 6) is 2.42. The molecule has 1 aliphatic carbocycles. The van der Waals surface area contributed by atoms with Crippen molar-refractivity contribution in [2.75, 3.05) is 5.73 Å². The molecule has 0 spiro atoms. The van der Waals surface area contributed by atoms with Crippen LogP contribution in [0.3, 0.4) is 0 Å². The summed E-state index contributed by atoms with van der Waals surface area (Å²) in [4.78, 5) is 8.91. The first kappa shape index (κ1) is 11.8. The van der Waals surface area contributed by atoms with Crippen LogP contribution in [-0.4, -0.2) is 19.7 Å². The van der Waals surface area contributed by atoms with E-state index in [4.69, 9.17) is 15.0 Å². The summed E-state index contributed by atoms with van der Waals surface area (Å²) in [5.41, 5.74) is 9.01. The monoisotopic (exact) mass is 295 g/mol. The fourth-order valence-corrected chi connectivity index (χ4v) is 2.73. The molecule has 1 saturated carbocycles. The second-order valence-electron chi connectivity index (χ2n) is 5.66. The Morgan fingerprint density at radius 2 is 2.18 bits per heavy atom. The molecule has 1 aliphatic heterocycles. The summed E-state index contributed by atoms with van der Waals surface area (Å²) in [6.07, 6.45) is 4.01. The predicted molar refractivity (Wildman–Crippen MR) is 77.6 cm³/mol. The molecular weight excluding hydrogens is 282 g/mol. The molecule has 3 heterocycles. The zero-order valence-electron chi connectivity index (χ0n) is 11.7. The van der Waals surface area contributed by atoms with Crippen LogP contribution in [-0.2, 0) is 6.61 Å². The summed E-state index contributed by atoms with van der Waals surface area (Å²) >= 11 is 0. The van der Waals surface area contributed by atoms with Crippen molar-refractivity contribution in [1.82, 2.24) is 19.7 Å².